The Morgan fingerprint density at radius 2 is 1.94 bits per heavy atom. The van der Waals surface area contributed by atoms with E-state index in [9.17, 15) is 9.59 Å². The average Bonchev–Trinajstić information content (AvgIpc) is 2.37. The van der Waals surface area contributed by atoms with Gasteiger partial charge in [-0.05, 0) is 18.6 Å². The van der Waals surface area contributed by atoms with Crippen LogP contribution in [0.3, 0.4) is 0 Å². The van der Waals surface area contributed by atoms with E-state index in [4.69, 9.17) is 5.73 Å². The first-order valence-corrected chi connectivity index (χ1v) is 5.90. The molecule has 0 fully saturated rings. The third-order valence-corrected chi connectivity index (χ3v) is 2.57. The Balaban J connectivity index is 2.48. The van der Waals surface area contributed by atoms with Crippen LogP contribution in [-0.4, -0.2) is 36.3 Å². The predicted molar refractivity (Wildman–Crippen MR) is 71.0 cm³/mol. The third kappa shape index (κ3) is 4.18. The smallest absolute Gasteiger partial charge is 0.243 e. The first-order chi connectivity index (χ1) is 8.54. The number of rotatable bonds is 5. The van der Waals surface area contributed by atoms with E-state index in [0.29, 0.717) is 12.1 Å². The molecule has 18 heavy (non-hydrogen) atoms. The van der Waals surface area contributed by atoms with E-state index in [-0.39, 0.29) is 18.4 Å². The van der Waals surface area contributed by atoms with Crippen molar-refractivity contribution in [2.75, 3.05) is 18.9 Å². The van der Waals surface area contributed by atoms with Crippen molar-refractivity contribution in [3.8, 4) is 0 Å². The highest BCUT2D eigenvalue weighted by Crippen LogP contribution is 2.05. The Kier molecular flexibility index (Phi) is 5.32. The van der Waals surface area contributed by atoms with Crippen LogP contribution in [0, 0.1) is 0 Å². The van der Waals surface area contributed by atoms with Crippen molar-refractivity contribution in [2.45, 2.75) is 19.4 Å². The molecule has 2 amide bonds. The highest BCUT2D eigenvalue weighted by atomic mass is 16.2. The van der Waals surface area contributed by atoms with Crippen LogP contribution in [0.5, 0.6) is 0 Å². The van der Waals surface area contributed by atoms with E-state index in [0.717, 1.165) is 0 Å². The molecule has 0 aliphatic rings. The van der Waals surface area contributed by atoms with Crippen LogP contribution < -0.4 is 11.1 Å². The zero-order valence-electron chi connectivity index (χ0n) is 10.7. The van der Waals surface area contributed by atoms with E-state index in [1.54, 1.807) is 19.2 Å². The fourth-order valence-electron chi connectivity index (χ4n) is 1.47. The molecule has 1 aromatic rings. The Morgan fingerprint density at radius 1 is 1.33 bits per heavy atom. The quantitative estimate of drug-likeness (QED) is 0.811. The van der Waals surface area contributed by atoms with Crippen LogP contribution >= 0.6 is 0 Å². The van der Waals surface area contributed by atoms with E-state index >= 15 is 0 Å². The average molecular weight is 249 g/mol. The second kappa shape index (κ2) is 6.76. The lowest BCUT2D eigenvalue weighted by Crippen LogP contribution is -2.44. The largest absolute Gasteiger partial charge is 0.335 e. The minimum Gasteiger partial charge on any atom is -0.335 e. The highest BCUT2D eigenvalue weighted by molar-refractivity contribution is 5.95. The van der Waals surface area contributed by atoms with Crippen molar-refractivity contribution in [3.63, 3.8) is 0 Å². The number of amides is 2. The lowest BCUT2D eigenvalue weighted by atomic mass is 10.2. The molecule has 1 aromatic carbocycles. The molecule has 98 valence electrons. The van der Waals surface area contributed by atoms with E-state index in [1.807, 2.05) is 25.1 Å². The third-order valence-electron chi connectivity index (χ3n) is 2.57. The number of nitrogens with two attached hydrogens (primary N) is 1. The monoisotopic (exact) mass is 249 g/mol. The number of para-hydroxylation sites is 1. The number of benzene rings is 1. The Labute approximate surface area is 107 Å². The highest BCUT2D eigenvalue weighted by Gasteiger charge is 2.18. The summed E-state index contributed by atoms with van der Waals surface area (Å²) >= 11 is 0. The summed E-state index contributed by atoms with van der Waals surface area (Å²) in [5.41, 5.74) is 6.33. The van der Waals surface area contributed by atoms with Crippen LogP contribution in [0.4, 0.5) is 5.69 Å². The zero-order valence-corrected chi connectivity index (χ0v) is 10.7. The summed E-state index contributed by atoms with van der Waals surface area (Å²) in [5, 5.41) is 2.71. The molecular formula is C13H19N3O2. The van der Waals surface area contributed by atoms with Crippen LogP contribution in [0.25, 0.3) is 0 Å². The first-order valence-electron chi connectivity index (χ1n) is 5.90. The Morgan fingerprint density at radius 3 is 2.50 bits per heavy atom. The summed E-state index contributed by atoms with van der Waals surface area (Å²) in [6, 6.07) is 8.56. The van der Waals surface area contributed by atoms with Gasteiger partial charge in [0.25, 0.3) is 0 Å². The van der Waals surface area contributed by atoms with E-state index in [1.165, 1.54) is 4.90 Å². The summed E-state index contributed by atoms with van der Waals surface area (Å²) in [6.45, 7) is 1.84. The van der Waals surface area contributed by atoms with E-state index < -0.39 is 6.04 Å². The molecule has 0 saturated carbocycles. The number of hydrogen-bond acceptors (Lipinski definition) is 3. The molecule has 0 radical (unpaired) electrons. The zero-order chi connectivity index (χ0) is 13.5. The SMILES string of the molecule is CCC(N)C(=O)N(C)CC(=O)Nc1ccccc1. The summed E-state index contributed by atoms with van der Waals surface area (Å²) in [7, 11) is 1.57. The first kappa shape index (κ1) is 14.2. The molecule has 0 aliphatic carbocycles. The maximum atomic E-state index is 11.7. The molecule has 0 saturated heterocycles. The van der Waals surface area contributed by atoms with Crippen molar-refractivity contribution in [2.24, 2.45) is 5.73 Å². The number of carbonyl (C=O) groups excluding carboxylic acids is 2. The van der Waals surface area contributed by atoms with Crippen LogP contribution in [0.2, 0.25) is 0 Å². The lowest BCUT2D eigenvalue weighted by Gasteiger charge is -2.20. The molecular weight excluding hydrogens is 230 g/mol. The summed E-state index contributed by atoms with van der Waals surface area (Å²) in [4.78, 5) is 24.7. The maximum absolute atomic E-state index is 11.7. The van der Waals surface area contributed by atoms with Gasteiger partial charge in [-0.3, -0.25) is 9.59 Å². The molecule has 0 aliphatic heterocycles. The van der Waals surface area contributed by atoms with Gasteiger partial charge in [0.2, 0.25) is 11.8 Å². The van der Waals surface area contributed by atoms with Crippen molar-refractivity contribution >= 4 is 17.5 Å². The number of hydrogen-bond donors (Lipinski definition) is 2. The normalized spacial score (nSPS) is 11.7. The molecule has 5 heteroatoms. The van der Waals surface area contributed by atoms with Crippen molar-refractivity contribution in [1.29, 1.82) is 0 Å². The van der Waals surface area contributed by atoms with Gasteiger partial charge >= 0.3 is 0 Å². The molecule has 0 spiro atoms. The van der Waals surface area contributed by atoms with Crippen LogP contribution in [0.1, 0.15) is 13.3 Å². The fraction of sp³-hybridized carbons (Fsp3) is 0.385. The van der Waals surface area contributed by atoms with Gasteiger partial charge in [0.1, 0.15) is 0 Å². The topological polar surface area (TPSA) is 75.4 Å². The van der Waals surface area contributed by atoms with Gasteiger partial charge in [-0.15, -0.1) is 0 Å². The van der Waals surface area contributed by atoms with Crippen molar-refractivity contribution in [1.82, 2.24) is 4.90 Å². The number of carbonyl (C=O) groups is 2. The molecule has 1 unspecified atom stereocenters. The number of likely N-dealkylation sites (N-methyl/N-ethyl adjacent to an activating group) is 1. The minimum atomic E-state index is -0.542. The van der Waals surface area contributed by atoms with Crippen molar-refractivity contribution < 1.29 is 9.59 Å². The molecule has 1 atom stereocenters. The second-order valence-corrected chi connectivity index (χ2v) is 4.12. The lowest BCUT2D eigenvalue weighted by molar-refractivity contribution is -0.134. The summed E-state index contributed by atoms with van der Waals surface area (Å²) in [5.74, 6) is -0.457. The summed E-state index contributed by atoms with van der Waals surface area (Å²) < 4.78 is 0. The van der Waals surface area contributed by atoms with Gasteiger partial charge in [0, 0.05) is 12.7 Å². The maximum Gasteiger partial charge on any atom is 0.243 e. The van der Waals surface area contributed by atoms with Gasteiger partial charge in [0.05, 0.1) is 12.6 Å². The minimum absolute atomic E-state index is 0.00142. The van der Waals surface area contributed by atoms with Crippen molar-refractivity contribution in [3.05, 3.63) is 30.3 Å². The van der Waals surface area contributed by atoms with Gasteiger partial charge in [-0.25, -0.2) is 0 Å². The number of anilines is 1. The van der Waals surface area contributed by atoms with Gasteiger partial charge in [-0.1, -0.05) is 25.1 Å². The molecule has 1 rings (SSSR count). The van der Waals surface area contributed by atoms with Gasteiger partial charge < -0.3 is 16.0 Å². The number of nitrogens with one attached hydrogen (secondary N) is 1. The fourth-order valence-corrected chi connectivity index (χ4v) is 1.47. The molecule has 5 nitrogen and oxygen atoms in total. The molecule has 0 heterocycles. The Bertz CT molecular complexity index is 406. The van der Waals surface area contributed by atoms with Gasteiger partial charge in [-0.2, -0.15) is 0 Å². The molecule has 0 aromatic heterocycles. The second-order valence-electron chi connectivity index (χ2n) is 4.12. The standard InChI is InChI=1S/C13H19N3O2/c1-3-11(14)13(18)16(2)9-12(17)15-10-7-5-4-6-8-10/h4-8,11H,3,9,14H2,1-2H3,(H,15,17). The van der Waals surface area contributed by atoms with E-state index in [2.05, 4.69) is 5.32 Å². The molecule has 0 bridgehead atoms. The van der Waals surface area contributed by atoms with Crippen LogP contribution in [0.15, 0.2) is 30.3 Å². The predicted octanol–water partition coefficient (Wildman–Crippen LogP) is 0.821. The number of nitrogens with zero attached hydrogens (tertiary/aromatic N) is 1. The Hall–Kier alpha value is -1.88. The molecule has 3 N–H and O–H groups in total. The van der Waals surface area contributed by atoms with Crippen LogP contribution in [-0.2, 0) is 9.59 Å². The summed E-state index contributed by atoms with van der Waals surface area (Å²) in [6.07, 6.45) is 0.559. The van der Waals surface area contributed by atoms with Gasteiger partial charge in [0.15, 0.2) is 0 Å².